The summed E-state index contributed by atoms with van der Waals surface area (Å²) in [7, 11) is 0. The van der Waals surface area contributed by atoms with E-state index >= 15 is 0 Å². The minimum atomic E-state index is -2.78. The van der Waals surface area contributed by atoms with Crippen molar-refractivity contribution in [2.45, 2.75) is 32.3 Å². The fourth-order valence-corrected chi connectivity index (χ4v) is 2.47. The molecule has 0 spiro atoms. The van der Waals surface area contributed by atoms with E-state index < -0.39 is 6.61 Å². The number of rotatable bonds is 6. The maximum atomic E-state index is 12.2. The van der Waals surface area contributed by atoms with Gasteiger partial charge in [-0.15, -0.1) is 0 Å². The van der Waals surface area contributed by atoms with Gasteiger partial charge in [0.1, 0.15) is 5.75 Å². The number of fused-ring (bicyclic) bond motifs is 1. The van der Waals surface area contributed by atoms with Crippen LogP contribution in [0.3, 0.4) is 0 Å². The second-order valence-electron chi connectivity index (χ2n) is 4.69. The van der Waals surface area contributed by atoms with Crippen LogP contribution in [0.15, 0.2) is 18.2 Å². The van der Waals surface area contributed by atoms with Crippen molar-refractivity contribution in [1.29, 1.82) is 0 Å². The molecular weight excluding hydrogens is 252 g/mol. The van der Waals surface area contributed by atoms with Crippen molar-refractivity contribution in [2.75, 3.05) is 24.6 Å². The van der Waals surface area contributed by atoms with Crippen molar-refractivity contribution in [3.05, 3.63) is 23.8 Å². The summed E-state index contributed by atoms with van der Waals surface area (Å²) in [4.78, 5) is 2.25. The lowest BCUT2D eigenvalue weighted by atomic mass is 10.0. The highest BCUT2D eigenvalue weighted by Crippen LogP contribution is 2.31. The monoisotopic (exact) mass is 271 g/mol. The second-order valence-corrected chi connectivity index (χ2v) is 4.69. The quantitative estimate of drug-likeness (QED) is 0.808. The van der Waals surface area contributed by atoms with Crippen molar-refractivity contribution in [2.24, 2.45) is 0 Å². The lowest BCUT2D eigenvalue weighted by molar-refractivity contribution is -0.0498. The van der Waals surface area contributed by atoms with Gasteiger partial charge in [-0.3, -0.25) is 0 Å². The van der Waals surface area contributed by atoms with Gasteiger partial charge in [0.05, 0.1) is 0 Å². The Balaban J connectivity index is 2.07. The maximum absolute atomic E-state index is 12.2. The first-order chi connectivity index (χ1) is 9.20. The first kappa shape index (κ1) is 14.1. The zero-order valence-corrected chi connectivity index (χ0v) is 10.8. The molecule has 0 bridgehead atoms. The number of anilines is 1. The maximum Gasteiger partial charge on any atom is 0.387 e. The number of alkyl halides is 2. The van der Waals surface area contributed by atoms with Crippen LogP contribution in [-0.4, -0.2) is 31.4 Å². The molecule has 0 fully saturated rings. The average molecular weight is 271 g/mol. The van der Waals surface area contributed by atoms with E-state index in [2.05, 4.69) is 9.64 Å². The van der Waals surface area contributed by atoms with Gasteiger partial charge in [-0.2, -0.15) is 8.78 Å². The number of hydrogen-bond acceptors (Lipinski definition) is 3. The van der Waals surface area contributed by atoms with E-state index in [-0.39, 0.29) is 12.4 Å². The Hall–Kier alpha value is -1.36. The Morgan fingerprint density at radius 3 is 2.89 bits per heavy atom. The van der Waals surface area contributed by atoms with Crippen molar-refractivity contribution in [1.82, 2.24) is 0 Å². The Labute approximate surface area is 111 Å². The average Bonchev–Trinajstić information content (AvgIpc) is 2.38. The fourth-order valence-electron chi connectivity index (χ4n) is 2.47. The molecule has 1 heterocycles. The van der Waals surface area contributed by atoms with Crippen molar-refractivity contribution in [3.63, 3.8) is 0 Å². The summed E-state index contributed by atoms with van der Waals surface area (Å²) < 4.78 is 28.8. The van der Waals surface area contributed by atoms with E-state index in [4.69, 9.17) is 5.11 Å². The largest absolute Gasteiger partial charge is 0.435 e. The van der Waals surface area contributed by atoms with Gasteiger partial charge in [-0.1, -0.05) is 0 Å². The molecule has 3 nitrogen and oxygen atoms in total. The van der Waals surface area contributed by atoms with Gasteiger partial charge in [0.25, 0.3) is 0 Å². The van der Waals surface area contributed by atoms with Gasteiger partial charge >= 0.3 is 6.61 Å². The van der Waals surface area contributed by atoms with E-state index in [0.29, 0.717) is 0 Å². The van der Waals surface area contributed by atoms with Crippen molar-refractivity contribution in [3.8, 4) is 5.75 Å². The molecule has 0 atom stereocenters. The highest BCUT2D eigenvalue weighted by Gasteiger charge is 2.17. The topological polar surface area (TPSA) is 32.7 Å². The number of aliphatic hydroxyl groups is 1. The van der Waals surface area contributed by atoms with Gasteiger partial charge in [0.2, 0.25) is 0 Å². The summed E-state index contributed by atoms with van der Waals surface area (Å²) >= 11 is 0. The molecule has 1 aliphatic heterocycles. The van der Waals surface area contributed by atoms with Crippen molar-refractivity contribution < 1.29 is 18.6 Å². The molecule has 1 aromatic carbocycles. The molecule has 1 aliphatic rings. The fraction of sp³-hybridized carbons (Fsp3) is 0.571. The number of nitrogens with zero attached hydrogens (tertiary/aromatic N) is 1. The van der Waals surface area contributed by atoms with Crippen LogP contribution in [0.2, 0.25) is 0 Å². The third-order valence-electron chi connectivity index (χ3n) is 3.33. The van der Waals surface area contributed by atoms with Gasteiger partial charge in [0, 0.05) is 25.4 Å². The molecule has 0 aliphatic carbocycles. The highest BCUT2D eigenvalue weighted by atomic mass is 19.3. The van der Waals surface area contributed by atoms with Crippen LogP contribution in [0.4, 0.5) is 14.5 Å². The summed E-state index contributed by atoms with van der Waals surface area (Å²) in [5.74, 6) is 0.228. The first-order valence-electron chi connectivity index (χ1n) is 6.64. The predicted octanol–water partition coefficient (Wildman–Crippen LogP) is 2.81. The second kappa shape index (κ2) is 6.70. The molecular formula is C14H19F2NO2. The van der Waals surface area contributed by atoms with Crippen LogP contribution in [-0.2, 0) is 6.42 Å². The SMILES string of the molecule is OCCCCN1CCCc2cc(OC(F)F)ccc21. The van der Waals surface area contributed by atoms with E-state index in [0.717, 1.165) is 50.0 Å². The molecule has 1 N–H and O–H groups in total. The zero-order valence-electron chi connectivity index (χ0n) is 10.8. The highest BCUT2D eigenvalue weighted by molar-refractivity contribution is 5.58. The minimum Gasteiger partial charge on any atom is -0.435 e. The van der Waals surface area contributed by atoms with Crippen LogP contribution in [0.25, 0.3) is 0 Å². The molecule has 1 aromatic rings. The number of aryl methyl sites for hydroxylation is 1. The van der Waals surface area contributed by atoms with Gasteiger partial charge in [-0.05, 0) is 49.4 Å². The summed E-state index contributed by atoms with van der Waals surface area (Å²) in [5.41, 5.74) is 2.17. The molecule has 0 unspecified atom stereocenters. The molecule has 0 saturated carbocycles. The molecule has 106 valence electrons. The number of ether oxygens (including phenoxy) is 1. The standard InChI is InChI=1S/C14H19F2NO2/c15-14(16)19-12-5-6-13-11(10-12)4-3-8-17(13)7-1-2-9-18/h5-6,10,14,18H,1-4,7-9H2. The Kier molecular flexibility index (Phi) is 4.96. The third-order valence-corrected chi connectivity index (χ3v) is 3.33. The third kappa shape index (κ3) is 3.80. The van der Waals surface area contributed by atoms with E-state index in [1.54, 1.807) is 12.1 Å². The number of unbranched alkanes of at least 4 members (excludes halogenated alkanes) is 1. The Morgan fingerprint density at radius 2 is 2.16 bits per heavy atom. The molecule has 2 rings (SSSR count). The van der Waals surface area contributed by atoms with Crippen LogP contribution < -0.4 is 9.64 Å². The number of halogens is 2. The summed E-state index contributed by atoms with van der Waals surface area (Å²) in [6.07, 6.45) is 3.64. The number of benzene rings is 1. The molecule has 0 amide bonds. The first-order valence-corrected chi connectivity index (χ1v) is 6.64. The lowest BCUT2D eigenvalue weighted by Crippen LogP contribution is -2.30. The molecule has 0 radical (unpaired) electrons. The van der Waals surface area contributed by atoms with E-state index in [9.17, 15) is 8.78 Å². The van der Waals surface area contributed by atoms with Crippen LogP contribution >= 0.6 is 0 Å². The van der Waals surface area contributed by atoms with Crippen LogP contribution in [0, 0.1) is 0 Å². The van der Waals surface area contributed by atoms with E-state index in [1.165, 1.54) is 0 Å². The van der Waals surface area contributed by atoms with Gasteiger partial charge < -0.3 is 14.7 Å². The number of aliphatic hydroxyl groups excluding tert-OH is 1. The molecule has 5 heteroatoms. The van der Waals surface area contributed by atoms with Gasteiger partial charge in [0.15, 0.2) is 0 Å². The molecule has 19 heavy (non-hydrogen) atoms. The minimum absolute atomic E-state index is 0.210. The summed E-state index contributed by atoms with van der Waals surface area (Å²) in [5, 5.41) is 8.81. The Morgan fingerprint density at radius 1 is 1.32 bits per heavy atom. The van der Waals surface area contributed by atoms with Crippen LogP contribution in [0.5, 0.6) is 5.75 Å². The van der Waals surface area contributed by atoms with Crippen LogP contribution in [0.1, 0.15) is 24.8 Å². The summed E-state index contributed by atoms with van der Waals surface area (Å²) in [6.45, 7) is -0.694. The van der Waals surface area contributed by atoms with Gasteiger partial charge in [-0.25, -0.2) is 0 Å². The van der Waals surface area contributed by atoms with E-state index in [1.807, 2.05) is 6.07 Å². The molecule has 0 aromatic heterocycles. The summed E-state index contributed by atoms with van der Waals surface area (Å²) in [6, 6.07) is 5.15. The van der Waals surface area contributed by atoms with Crippen molar-refractivity contribution >= 4 is 5.69 Å². The number of hydrogen-bond donors (Lipinski definition) is 1. The lowest BCUT2D eigenvalue weighted by Gasteiger charge is -2.31. The smallest absolute Gasteiger partial charge is 0.387 e. The predicted molar refractivity (Wildman–Crippen MR) is 69.9 cm³/mol. The normalized spacial score (nSPS) is 14.6. The Bertz CT molecular complexity index is 412. The zero-order chi connectivity index (χ0) is 13.7. The molecule has 0 saturated heterocycles.